The van der Waals surface area contributed by atoms with E-state index in [1.165, 1.54) is 5.56 Å². The minimum atomic E-state index is -0.614. The number of aliphatic hydroxyl groups is 1. The van der Waals surface area contributed by atoms with Gasteiger partial charge in [0.05, 0.1) is 26.4 Å². The van der Waals surface area contributed by atoms with Crippen LogP contribution in [0.1, 0.15) is 28.8 Å². The minimum absolute atomic E-state index is 0. The van der Waals surface area contributed by atoms with Crippen LogP contribution < -0.4 is 9.47 Å². The zero-order chi connectivity index (χ0) is 22.3. The minimum Gasteiger partial charge on any atom is -0.497 e. The highest BCUT2D eigenvalue weighted by Crippen LogP contribution is 2.36. The van der Waals surface area contributed by atoms with E-state index in [2.05, 4.69) is 28.0 Å². The van der Waals surface area contributed by atoms with E-state index in [4.69, 9.17) is 9.47 Å². The number of piperazine rings is 1. The first-order valence-corrected chi connectivity index (χ1v) is 11.1. The highest BCUT2D eigenvalue weighted by molar-refractivity contribution is 5.85. The van der Waals surface area contributed by atoms with Crippen molar-refractivity contribution in [2.24, 2.45) is 0 Å². The van der Waals surface area contributed by atoms with Crippen molar-refractivity contribution in [3.63, 3.8) is 0 Å². The molecule has 0 radical (unpaired) electrons. The van der Waals surface area contributed by atoms with E-state index >= 15 is 0 Å². The number of nitrogens with zero attached hydrogens (tertiary/aromatic N) is 2. The molecule has 1 saturated heterocycles. The first-order valence-electron chi connectivity index (χ1n) is 11.1. The van der Waals surface area contributed by atoms with Crippen LogP contribution in [0, 0.1) is 0 Å². The second-order valence-corrected chi connectivity index (χ2v) is 8.24. The predicted molar refractivity (Wildman–Crippen MR) is 134 cm³/mol. The number of hydrogen-bond acceptors (Lipinski definition) is 5. The fourth-order valence-corrected chi connectivity index (χ4v) is 4.44. The second-order valence-electron chi connectivity index (χ2n) is 8.24. The van der Waals surface area contributed by atoms with Crippen LogP contribution in [-0.2, 0) is 6.54 Å². The summed E-state index contributed by atoms with van der Waals surface area (Å²) in [6, 6.07) is 26.2. The van der Waals surface area contributed by atoms with Crippen LogP contribution in [-0.4, -0.2) is 55.3 Å². The van der Waals surface area contributed by atoms with Gasteiger partial charge in [-0.2, -0.15) is 0 Å². The van der Waals surface area contributed by atoms with E-state index in [9.17, 15) is 5.11 Å². The van der Waals surface area contributed by atoms with Gasteiger partial charge in [-0.3, -0.25) is 9.80 Å². The van der Waals surface area contributed by atoms with Gasteiger partial charge in [-0.15, -0.1) is 12.4 Å². The highest BCUT2D eigenvalue weighted by Gasteiger charge is 2.31. The number of benzene rings is 3. The van der Waals surface area contributed by atoms with Gasteiger partial charge in [0.2, 0.25) is 0 Å². The molecule has 0 amide bonds. The first kappa shape index (κ1) is 25.1. The lowest BCUT2D eigenvalue weighted by molar-refractivity contribution is 0.0148. The Balaban J connectivity index is 0.00000306. The van der Waals surface area contributed by atoms with Gasteiger partial charge in [0, 0.05) is 32.7 Å². The summed E-state index contributed by atoms with van der Waals surface area (Å²) in [6.45, 7) is 4.61. The van der Waals surface area contributed by atoms with Crippen LogP contribution in [0.2, 0.25) is 0 Å². The summed E-state index contributed by atoms with van der Waals surface area (Å²) in [5.74, 6) is 1.69. The van der Waals surface area contributed by atoms with Crippen LogP contribution >= 0.6 is 12.4 Å². The van der Waals surface area contributed by atoms with E-state index in [1.807, 2.05) is 60.7 Å². The maximum absolute atomic E-state index is 11.4. The van der Waals surface area contributed by atoms with Crippen molar-refractivity contribution in [3.05, 3.63) is 95.6 Å². The molecule has 0 saturated carbocycles. The lowest BCUT2D eigenvalue weighted by Gasteiger charge is -2.41. The average molecular weight is 469 g/mol. The number of hydrogen-bond donors (Lipinski definition) is 1. The molecule has 1 fully saturated rings. The molecule has 2 unspecified atom stereocenters. The topological polar surface area (TPSA) is 45.2 Å². The average Bonchev–Trinajstić information content (AvgIpc) is 2.86. The summed E-state index contributed by atoms with van der Waals surface area (Å²) in [6.07, 6.45) is -0.614. The van der Waals surface area contributed by atoms with Crippen LogP contribution in [0.3, 0.4) is 0 Å². The number of ether oxygens (including phenoxy) is 2. The summed E-state index contributed by atoms with van der Waals surface area (Å²) < 4.78 is 10.7. The molecule has 4 rings (SSSR count). The molecule has 6 heteroatoms. The van der Waals surface area contributed by atoms with Gasteiger partial charge in [-0.1, -0.05) is 54.6 Å². The molecule has 33 heavy (non-hydrogen) atoms. The van der Waals surface area contributed by atoms with E-state index in [0.29, 0.717) is 0 Å². The monoisotopic (exact) mass is 468 g/mol. The highest BCUT2D eigenvalue weighted by atomic mass is 35.5. The Morgan fingerprint density at radius 3 is 2.03 bits per heavy atom. The standard InChI is InChI=1S/C27H32N2O3.ClH/c1-31-24-13-11-21(12-14-24)20-28-15-17-29(18-16-28)26(23-9-6-10-25(19-23)32-2)27(30)22-7-4-3-5-8-22;/h3-14,19,26-27,30H,15-18,20H2,1-2H3;1H. The Kier molecular flexibility index (Phi) is 9.15. The molecule has 176 valence electrons. The Hall–Kier alpha value is -2.57. The molecule has 1 N–H and O–H groups in total. The molecular weight excluding hydrogens is 436 g/mol. The zero-order valence-electron chi connectivity index (χ0n) is 19.3. The molecular formula is C27H33ClN2O3. The quantitative estimate of drug-likeness (QED) is 0.518. The van der Waals surface area contributed by atoms with Gasteiger partial charge in [0.15, 0.2) is 0 Å². The lowest BCUT2D eigenvalue weighted by atomic mass is 9.93. The van der Waals surface area contributed by atoms with E-state index in [1.54, 1.807) is 14.2 Å². The molecule has 0 aliphatic carbocycles. The molecule has 1 aliphatic heterocycles. The number of halogens is 1. The number of rotatable bonds is 8. The summed E-state index contributed by atoms with van der Waals surface area (Å²) in [7, 11) is 3.37. The zero-order valence-corrected chi connectivity index (χ0v) is 20.1. The van der Waals surface area contributed by atoms with Gasteiger partial charge in [-0.05, 0) is 41.0 Å². The molecule has 3 aromatic rings. The van der Waals surface area contributed by atoms with E-state index in [-0.39, 0.29) is 18.4 Å². The second kappa shape index (κ2) is 12.1. The third-order valence-corrected chi connectivity index (χ3v) is 6.24. The Morgan fingerprint density at radius 1 is 0.758 bits per heavy atom. The maximum atomic E-state index is 11.4. The number of aliphatic hydroxyl groups excluding tert-OH is 1. The van der Waals surface area contributed by atoms with E-state index in [0.717, 1.165) is 55.3 Å². The smallest absolute Gasteiger partial charge is 0.119 e. The van der Waals surface area contributed by atoms with Gasteiger partial charge in [0.25, 0.3) is 0 Å². The molecule has 3 aromatic carbocycles. The summed E-state index contributed by atoms with van der Waals surface area (Å²) in [4.78, 5) is 4.87. The van der Waals surface area contributed by atoms with Gasteiger partial charge >= 0.3 is 0 Å². The summed E-state index contributed by atoms with van der Waals surface area (Å²) >= 11 is 0. The van der Waals surface area contributed by atoms with Crippen LogP contribution in [0.15, 0.2) is 78.9 Å². The molecule has 2 atom stereocenters. The Labute approximate surface area is 203 Å². The van der Waals surface area contributed by atoms with E-state index < -0.39 is 6.10 Å². The molecule has 0 spiro atoms. The molecule has 1 aliphatic rings. The maximum Gasteiger partial charge on any atom is 0.119 e. The van der Waals surface area contributed by atoms with Gasteiger partial charge in [-0.25, -0.2) is 0 Å². The molecule has 0 aromatic heterocycles. The van der Waals surface area contributed by atoms with Gasteiger partial charge < -0.3 is 14.6 Å². The van der Waals surface area contributed by atoms with Crippen molar-refractivity contribution in [1.29, 1.82) is 0 Å². The van der Waals surface area contributed by atoms with Crippen LogP contribution in [0.4, 0.5) is 0 Å². The SMILES string of the molecule is COc1ccc(CN2CCN(C(c3cccc(OC)c3)C(O)c3ccccc3)CC2)cc1.Cl. The normalized spacial score (nSPS) is 16.5. The first-order chi connectivity index (χ1) is 15.7. The van der Waals surface area contributed by atoms with Crippen molar-refractivity contribution in [1.82, 2.24) is 9.80 Å². The van der Waals surface area contributed by atoms with Crippen molar-refractivity contribution >= 4 is 12.4 Å². The fourth-order valence-electron chi connectivity index (χ4n) is 4.44. The van der Waals surface area contributed by atoms with Crippen LogP contribution in [0.5, 0.6) is 11.5 Å². The largest absolute Gasteiger partial charge is 0.497 e. The Morgan fingerprint density at radius 2 is 1.39 bits per heavy atom. The molecule has 0 bridgehead atoms. The lowest BCUT2D eigenvalue weighted by Crippen LogP contribution is -2.48. The molecule has 1 heterocycles. The third kappa shape index (κ3) is 6.27. The predicted octanol–water partition coefficient (Wildman–Crippen LogP) is 4.72. The number of methoxy groups -OCH3 is 2. The van der Waals surface area contributed by atoms with Crippen LogP contribution in [0.25, 0.3) is 0 Å². The van der Waals surface area contributed by atoms with Crippen molar-refractivity contribution < 1.29 is 14.6 Å². The summed E-state index contributed by atoms with van der Waals surface area (Å²) in [5.41, 5.74) is 3.29. The Bertz CT molecular complexity index is 976. The third-order valence-electron chi connectivity index (χ3n) is 6.24. The fraction of sp³-hybridized carbons (Fsp3) is 0.333. The van der Waals surface area contributed by atoms with Crippen molar-refractivity contribution in [2.75, 3.05) is 40.4 Å². The summed E-state index contributed by atoms with van der Waals surface area (Å²) in [5, 5.41) is 11.4. The van der Waals surface area contributed by atoms with Crippen molar-refractivity contribution in [2.45, 2.75) is 18.7 Å². The van der Waals surface area contributed by atoms with Crippen molar-refractivity contribution in [3.8, 4) is 11.5 Å². The molecule has 5 nitrogen and oxygen atoms in total. The van der Waals surface area contributed by atoms with Gasteiger partial charge in [0.1, 0.15) is 11.5 Å².